The van der Waals surface area contributed by atoms with E-state index in [2.05, 4.69) is 50.3 Å². The van der Waals surface area contributed by atoms with Crippen LogP contribution in [-0.4, -0.2) is 6.36 Å². The van der Waals surface area contributed by atoms with Gasteiger partial charge in [-0.15, -0.1) is 0 Å². The van der Waals surface area contributed by atoms with Crippen molar-refractivity contribution in [1.82, 2.24) is 0 Å². The van der Waals surface area contributed by atoms with E-state index in [0.29, 0.717) is 21.2 Å². The molecule has 0 amide bonds. The normalized spacial score (nSPS) is 14.2. The SMILES string of the molecule is CC(C)CCC[I-]C(I)CCC(C)C. The van der Waals surface area contributed by atoms with Crippen LogP contribution in [0.25, 0.3) is 0 Å². The number of rotatable bonds is 8. The maximum absolute atomic E-state index is 2.68. The summed E-state index contributed by atoms with van der Waals surface area (Å²) in [4.78, 5) is 0. The third-order valence-corrected chi connectivity index (χ3v) is 7.97. The Morgan fingerprint density at radius 2 is 1.50 bits per heavy atom. The van der Waals surface area contributed by atoms with Gasteiger partial charge in [-0.3, -0.25) is 0 Å². The summed E-state index contributed by atoms with van der Waals surface area (Å²) in [5.74, 6) is 1.80. The summed E-state index contributed by atoms with van der Waals surface area (Å²) < 4.78 is 2.57. The second-order valence-electron chi connectivity index (χ2n) is 4.74. The molecule has 0 aromatic carbocycles. The van der Waals surface area contributed by atoms with Gasteiger partial charge < -0.3 is 0 Å². The van der Waals surface area contributed by atoms with Gasteiger partial charge in [0.1, 0.15) is 0 Å². The molecule has 0 radical (unpaired) electrons. The average Bonchev–Trinajstić information content (AvgIpc) is 2.08. The summed E-state index contributed by atoms with van der Waals surface area (Å²) in [7, 11) is 0. The number of hydrogen-bond donors (Lipinski definition) is 0. The Kier molecular flexibility index (Phi) is 10.7. The van der Waals surface area contributed by atoms with Crippen molar-refractivity contribution in [2.24, 2.45) is 11.8 Å². The van der Waals surface area contributed by atoms with Gasteiger partial charge in [-0.25, -0.2) is 0 Å². The third-order valence-electron chi connectivity index (χ3n) is 2.15. The molecule has 0 spiro atoms. The molecule has 0 aromatic rings. The van der Waals surface area contributed by atoms with Crippen molar-refractivity contribution in [2.45, 2.75) is 55.3 Å². The zero-order valence-electron chi connectivity index (χ0n) is 10.0. The first-order chi connectivity index (χ1) is 6.52. The molecular formula is C12H25I2-. The zero-order valence-corrected chi connectivity index (χ0v) is 14.3. The first kappa shape index (κ1) is 15.5. The molecule has 0 nitrogen and oxygen atoms in total. The Bertz CT molecular complexity index is 121. The minimum absolute atomic E-state index is 0.485. The second kappa shape index (κ2) is 9.67. The van der Waals surface area contributed by atoms with E-state index in [4.69, 9.17) is 0 Å². The molecule has 2 heteroatoms. The van der Waals surface area contributed by atoms with E-state index in [1.54, 1.807) is 4.43 Å². The molecule has 0 aromatic heterocycles. The molecule has 1 atom stereocenters. The molecule has 0 bridgehead atoms. The molecule has 0 N–H and O–H groups in total. The summed E-state index contributed by atoms with van der Waals surface area (Å²) in [5.41, 5.74) is 0. The van der Waals surface area contributed by atoms with Crippen molar-refractivity contribution in [2.75, 3.05) is 4.43 Å². The second-order valence-corrected chi connectivity index (χ2v) is 12.1. The van der Waals surface area contributed by atoms with Crippen LogP contribution < -0.4 is 21.2 Å². The average molecular weight is 423 g/mol. The Labute approximate surface area is 114 Å². The van der Waals surface area contributed by atoms with Crippen molar-refractivity contribution in [1.29, 1.82) is 0 Å². The first-order valence-corrected chi connectivity index (χ1v) is 9.75. The van der Waals surface area contributed by atoms with E-state index >= 15 is 0 Å². The quantitative estimate of drug-likeness (QED) is 0.317. The number of hydrogen-bond acceptors (Lipinski definition) is 0. The fourth-order valence-corrected chi connectivity index (χ4v) is 5.51. The summed E-state index contributed by atoms with van der Waals surface area (Å²) in [5, 5.41) is 0. The molecule has 0 aliphatic heterocycles. The standard InChI is InChI=1S/C12H25I2/c1-10(2)6-5-9-14-12(13)8-7-11(3)4/h10-12H,5-9H2,1-4H3/q-1. The minimum atomic E-state index is 0.485. The van der Waals surface area contributed by atoms with Gasteiger partial charge in [-0.05, 0) is 0 Å². The van der Waals surface area contributed by atoms with Crippen LogP contribution in [0.2, 0.25) is 0 Å². The summed E-state index contributed by atoms with van der Waals surface area (Å²) in [6.45, 7) is 9.33. The van der Waals surface area contributed by atoms with E-state index < -0.39 is 0 Å². The Balaban J connectivity index is 3.22. The van der Waals surface area contributed by atoms with Crippen molar-refractivity contribution in [3.05, 3.63) is 0 Å². The molecule has 14 heavy (non-hydrogen) atoms. The van der Waals surface area contributed by atoms with E-state index in [0.717, 1.165) is 13.8 Å². The fourth-order valence-electron chi connectivity index (χ4n) is 1.22. The van der Waals surface area contributed by atoms with Crippen molar-refractivity contribution < 1.29 is 21.2 Å². The predicted molar refractivity (Wildman–Crippen MR) is 70.8 cm³/mol. The van der Waals surface area contributed by atoms with E-state index in [1.807, 2.05) is 0 Å². The summed E-state index contributed by atoms with van der Waals surface area (Å²) in [6, 6.07) is 0. The molecule has 0 fully saturated rings. The zero-order chi connectivity index (χ0) is 11.0. The van der Waals surface area contributed by atoms with Crippen LogP contribution in [0.4, 0.5) is 0 Å². The molecule has 0 saturated heterocycles. The van der Waals surface area contributed by atoms with Gasteiger partial charge in [-0.1, -0.05) is 0 Å². The summed E-state index contributed by atoms with van der Waals surface area (Å²) >= 11 is 3.17. The van der Waals surface area contributed by atoms with Crippen molar-refractivity contribution >= 4 is 22.6 Å². The van der Waals surface area contributed by atoms with Gasteiger partial charge in [0.25, 0.3) is 0 Å². The summed E-state index contributed by atoms with van der Waals surface area (Å²) in [6.07, 6.45) is 5.81. The van der Waals surface area contributed by atoms with Gasteiger partial charge in [-0.2, -0.15) is 0 Å². The van der Waals surface area contributed by atoms with Gasteiger partial charge in [0.15, 0.2) is 0 Å². The topological polar surface area (TPSA) is 0 Å². The van der Waals surface area contributed by atoms with E-state index in [-0.39, 0.29) is 0 Å². The van der Waals surface area contributed by atoms with Gasteiger partial charge in [0, 0.05) is 0 Å². The predicted octanol–water partition coefficient (Wildman–Crippen LogP) is 1.71. The molecule has 0 aliphatic rings. The number of halogens is 2. The maximum atomic E-state index is 2.68. The first-order valence-electron chi connectivity index (χ1n) is 5.74. The Morgan fingerprint density at radius 1 is 0.929 bits per heavy atom. The molecule has 0 saturated carbocycles. The Hall–Kier alpha value is 1.46. The molecule has 1 unspecified atom stereocenters. The fraction of sp³-hybridized carbons (Fsp3) is 1.00. The molecule has 0 rings (SSSR count). The van der Waals surface area contributed by atoms with Gasteiger partial charge >= 0.3 is 115 Å². The van der Waals surface area contributed by atoms with E-state index in [9.17, 15) is 0 Å². The van der Waals surface area contributed by atoms with Gasteiger partial charge in [0.05, 0.1) is 0 Å². The third kappa shape index (κ3) is 11.5. The molecule has 88 valence electrons. The van der Waals surface area contributed by atoms with Crippen LogP contribution in [0.15, 0.2) is 0 Å². The van der Waals surface area contributed by atoms with Crippen LogP contribution in [-0.2, 0) is 0 Å². The molecule has 0 aliphatic carbocycles. The van der Waals surface area contributed by atoms with E-state index in [1.165, 1.54) is 25.7 Å². The monoisotopic (exact) mass is 423 g/mol. The Morgan fingerprint density at radius 3 is 2.00 bits per heavy atom. The van der Waals surface area contributed by atoms with Crippen molar-refractivity contribution in [3.8, 4) is 0 Å². The van der Waals surface area contributed by atoms with Crippen molar-refractivity contribution in [3.63, 3.8) is 0 Å². The molecule has 0 heterocycles. The van der Waals surface area contributed by atoms with Crippen LogP contribution in [0.3, 0.4) is 0 Å². The number of alkyl halides is 3. The van der Waals surface area contributed by atoms with Crippen LogP contribution in [0, 0.1) is 11.8 Å². The van der Waals surface area contributed by atoms with Crippen LogP contribution in [0.5, 0.6) is 0 Å². The van der Waals surface area contributed by atoms with Gasteiger partial charge in [0.2, 0.25) is 0 Å². The van der Waals surface area contributed by atoms with Crippen LogP contribution >= 0.6 is 22.6 Å². The molecular weight excluding hydrogens is 398 g/mol. The van der Waals surface area contributed by atoms with Crippen LogP contribution in [0.1, 0.15) is 53.4 Å².